The van der Waals surface area contributed by atoms with E-state index in [1.54, 1.807) is 18.4 Å². The third-order valence-corrected chi connectivity index (χ3v) is 2.57. The maximum absolute atomic E-state index is 13.4. The van der Waals surface area contributed by atoms with Crippen LogP contribution in [0.15, 0.2) is 41.2 Å². The fraction of sp³-hybridized carbons (Fsp3) is 0.231. The van der Waals surface area contributed by atoms with Crippen LogP contribution in [-0.4, -0.2) is 12.2 Å². The fourth-order valence-corrected chi connectivity index (χ4v) is 1.64. The van der Waals surface area contributed by atoms with Crippen LogP contribution in [0.4, 0.5) is 4.39 Å². The van der Waals surface area contributed by atoms with Crippen molar-refractivity contribution in [3.8, 4) is 5.75 Å². The molecule has 0 fully saturated rings. The highest BCUT2D eigenvalue weighted by molar-refractivity contribution is 5.31. The van der Waals surface area contributed by atoms with Gasteiger partial charge in [-0.25, -0.2) is 4.39 Å². The van der Waals surface area contributed by atoms with E-state index in [0.29, 0.717) is 12.0 Å². The first kappa shape index (κ1) is 11.7. The lowest BCUT2D eigenvalue weighted by molar-refractivity contribution is 0.177. The third-order valence-electron chi connectivity index (χ3n) is 2.57. The molecule has 0 radical (unpaired) electrons. The van der Waals surface area contributed by atoms with Gasteiger partial charge in [0.1, 0.15) is 0 Å². The first-order valence-electron chi connectivity index (χ1n) is 5.23. The Morgan fingerprint density at radius 3 is 2.82 bits per heavy atom. The molecule has 2 rings (SSSR count). The second kappa shape index (κ2) is 5.01. The summed E-state index contributed by atoms with van der Waals surface area (Å²) in [5, 5.41) is 9.93. The summed E-state index contributed by atoms with van der Waals surface area (Å²) in [7, 11) is 1.40. The molecule has 1 atom stereocenters. The Morgan fingerprint density at radius 1 is 1.41 bits per heavy atom. The van der Waals surface area contributed by atoms with Gasteiger partial charge in [-0.2, -0.15) is 0 Å². The number of aliphatic hydroxyl groups excluding tert-OH is 1. The molecule has 4 heteroatoms. The molecule has 0 aliphatic carbocycles. The number of hydrogen-bond donors (Lipinski definition) is 1. The first-order valence-corrected chi connectivity index (χ1v) is 5.23. The second-order valence-electron chi connectivity index (χ2n) is 3.75. The fourth-order valence-electron chi connectivity index (χ4n) is 1.64. The monoisotopic (exact) mass is 236 g/mol. The van der Waals surface area contributed by atoms with Gasteiger partial charge in [-0.1, -0.05) is 6.07 Å². The second-order valence-corrected chi connectivity index (χ2v) is 3.75. The van der Waals surface area contributed by atoms with Crippen molar-refractivity contribution in [1.82, 2.24) is 0 Å². The van der Waals surface area contributed by atoms with Crippen LogP contribution in [0.3, 0.4) is 0 Å². The summed E-state index contributed by atoms with van der Waals surface area (Å²) in [6, 6.07) is 6.20. The average molecular weight is 236 g/mol. The van der Waals surface area contributed by atoms with Crippen LogP contribution in [0.2, 0.25) is 0 Å². The van der Waals surface area contributed by atoms with Gasteiger partial charge in [-0.05, 0) is 29.3 Å². The number of halogens is 1. The summed E-state index contributed by atoms with van der Waals surface area (Å²) >= 11 is 0. The molecule has 1 aromatic heterocycles. The molecule has 90 valence electrons. The summed E-state index contributed by atoms with van der Waals surface area (Å²) in [5.74, 6) is -0.305. The Bertz CT molecular complexity index is 479. The molecule has 0 saturated carbocycles. The molecular weight excluding hydrogens is 223 g/mol. The summed E-state index contributed by atoms with van der Waals surface area (Å²) in [4.78, 5) is 0. The maximum atomic E-state index is 13.4. The number of hydrogen-bond acceptors (Lipinski definition) is 3. The van der Waals surface area contributed by atoms with Crippen LogP contribution in [0, 0.1) is 5.82 Å². The normalized spacial score (nSPS) is 12.4. The van der Waals surface area contributed by atoms with Crippen LogP contribution < -0.4 is 4.74 Å². The number of methoxy groups -OCH3 is 1. The minimum atomic E-state index is -0.756. The zero-order chi connectivity index (χ0) is 12.3. The summed E-state index contributed by atoms with van der Waals surface area (Å²) in [6.45, 7) is 0. The minimum Gasteiger partial charge on any atom is -0.494 e. The van der Waals surface area contributed by atoms with Gasteiger partial charge in [0.05, 0.1) is 25.7 Å². The minimum absolute atomic E-state index is 0.171. The molecule has 0 saturated heterocycles. The Balaban J connectivity index is 2.14. The van der Waals surface area contributed by atoms with E-state index in [-0.39, 0.29) is 5.75 Å². The molecule has 1 N–H and O–H groups in total. The van der Waals surface area contributed by atoms with Crippen molar-refractivity contribution < 1.29 is 18.7 Å². The van der Waals surface area contributed by atoms with Crippen molar-refractivity contribution in [2.24, 2.45) is 0 Å². The number of rotatable bonds is 4. The van der Waals surface area contributed by atoms with Crippen LogP contribution in [0.25, 0.3) is 0 Å². The SMILES string of the molecule is COc1ccc(C(O)Cc2ccoc2)cc1F. The van der Waals surface area contributed by atoms with Gasteiger partial charge >= 0.3 is 0 Å². The van der Waals surface area contributed by atoms with Crippen LogP contribution in [0.1, 0.15) is 17.2 Å². The highest BCUT2D eigenvalue weighted by Gasteiger charge is 2.12. The van der Waals surface area contributed by atoms with Crippen molar-refractivity contribution in [2.75, 3.05) is 7.11 Å². The van der Waals surface area contributed by atoms with Crippen molar-refractivity contribution in [3.05, 3.63) is 53.7 Å². The molecule has 1 heterocycles. The van der Waals surface area contributed by atoms with Crippen LogP contribution in [0.5, 0.6) is 5.75 Å². The van der Waals surface area contributed by atoms with E-state index in [2.05, 4.69) is 0 Å². The Kier molecular flexibility index (Phi) is 3.44. The van der Waals surface area contributed by atoms with E-state index in [0.717, 1.165) is 5.56 Å². The molecule has 0 spiro atoms. The average Bonchev–Trinajstić information content (AvgIpc) is 2.81. The van der Waals surface area contributed by atoms with Crippen molar-refractivity contribution >= 4 is 0 Å². The van der Waals surface area contributed by atoms with Gasteiger partial charge in [0.2, 0.25) is 0 Å². The molecule has 3 nitrogen and oxygen atoms in total. The predicted molar refractivity (Wildman–Crippen MR) is 60.3 cm³/mol. The number of furan rings is 1. The standard InChI is InChI=1S/C13H13FO3/c1-16-13-3-2-10(7-11(13)14)12(15)6-9-4-5-17-8-9/h2-5,7-8,12,15H,6H2,1H3. The molecule has 1 unspecified atom stereocenters. The van der Waals surface area contributed by atoms with Gasteiger partial charge in [-0.3, -0.25) is 0 Å². The number of aliphatic hydroxyl groups is 1. The van der Waals surface area contributed by atoms with Gasteiger partial charge in [0, 0.05) is 6.42 Å². The van der Waals surface area contributed by atoms with Crippen molar-refractivity contribution in [1.29, 1.82) is 0 Å². The number of ether oxygens (including phenoxy) is 1. The first-order chi connectivity index (χ1) is 8.20. The zero-order valence-electron chi connectivity index (χ0n) is 9.39. The van der Waals surface area contributed by atoms with Gasteiger partial charge in [-0.15, -0.1) is 0 Å². The van der Waals surface area contributed by atoms with Gasteiger partial charge < -0.3 is 14.3 Å². The molecule has 0 aliphatic heterocycles. The van der Waals surface area contributed by atoms with E-state index in [1.165, 1.54) is 25.5 Å². The largest absolute Gasteiger partial charge is 0.494 e. The van der Waals surface area contributed by atoms with E-state index in [4.69, 9.17) is 9.15 Å². The smallest absolute Gasteiger partial charge is 0.165 e. The Morgan fingerprint density at radius 2 is 2.24 bits per heavy atom. The predicted octanol–water partition coefficient (Wildman–Crippen LogP) is 2.70. The van der Waals surface area contributed by atoms with E-state index in [1.807, 2.05) is 0 Å². The van der Waals surface area contributed by atoms with Gasteiger partial charge in [0.15, 0.2) is 11.6 Å². The lowest BCUT2D eigenvalue weighted by Crippen LogP contribution is -2.02. The van der Waals surface area contributed by atoms with Crippen LogP contribution >= 0.6 is 0 Å². The molecule has 1 aromatic carbocycles. The van der Waals surface area contributed by atoms with Crippen molar-refractivity contribution in [2.45, 2.75) is 12.5 Å². The lowest BCUT2D eigenvalue weighted by Gasteiger charge is -2.11. The molecule has 2 aromatic rings. The summed E-state index contributed by atoms with van der Waals surface area (Å²) in [6.07, 6.45) is 2.73. The summed E-state index contributed by atoms with van der Waals surface area (Å²) < 4.78 is 23.2. The van der Waals surface area contributed by atoms with E-state index < -0.39 is 11.9 Å². The topological polar surface area (TPSA) is 42.6 Å². The third kappa shape index (κ3) is 2.65. The van der Waals surface area contributed by atoms with Gasteiger partial charge in [0.25, 0.3) is 0 Å². The highest BCUT2D eigenvalue weighted by atomic mass is 19.1. The molecule has 0 bridgehead atoms. The molecule has 0 amide bonds. The zero-order valence-corrected chi connectivity index (χ0v) is 9.39. The quantitative estimate of drug-likeness (QED) is 0.887. The van der Waals surface area contributed by atoms with E-state index in [9.17, 15) is 9.50 Å². The summed E-state index contributed by atoms with van der Waals surface area (Å²) in [5.41, 5.74) is 1.39. The Labute approximate surface area is 98.5 Å². The Hall–Kier alpha value is -1.81. The van der Waals surface area contributed by atoms with E-state index >= 15 is 0 Å². The maximum Gasteiger partial charge on any atom is 0.165 e. The molecular formula is C13H13FO3. The van der Waals surface area contributed by atoms with Crippen molar-refractivity contribution in [3.63, 3.8) is 0 Å². The lowest BCUT2D eigenvalue weighted by atomic mass is 10.0. The molecule has 17 heavy (non-hydrogen) atoms. The van der Waals surface area contributed by atoms with Crippen LogP contribution in [-0.2, 0) is 6.42 Å². The highest BCUT2D eigenvalue weighted by Crippen LogP contribution is 2.24. The molecule has 0 aliphatic rings. The number of benzene rings is 1.